The van der Waals surface area contributed by atoms with Crippen LogP contribution < -0.4 is 20.3 Å². The molecule has 0 spiro atoms. The van der Waals surface area contributed by atoms with Crippen LogP contribution in [-0.2, 0) is 20.7 Å². The van der Waals surface area contributed by atoms with Crippen molar-refractivity contribution in [3.8, 4) is 17.6 Å². The molecule has 0 saturated carbocycles. The molecular formula is C23H25N3O6. The number of hydrogen-bond acceptors (Lipinski definition) is 7. The zero-order valence-corrected chi connectivity index (χ0v) is 18.2. The number of amides is 1. The standard InChI is InChI=1S/C23H25N3O6/c1-13-17(15(3)26-23(29)18(13)11-24)5-7-22(28)32-12-21(27)25-14(2)16-4-6-19-20(10-16)31-9-8-30-19/h4,6,10,14H,5,7-9,12H2,1-3H3,(H,25,27)(H,26,29)/t14-/m0/s1. The van der Waals surface area contributed by atoms with Gasteiger partial charge < -0.3 is 24.5 Å². The van der Waals surface area contributed by atoms with Gasteiger partial charge in [-0.1, -0.05) is 6.07 Å². The highest BCUT2D eigenvalue weighted by atomic mass is 16.6. The van der Waals surface area contributed by atoms with Crippen LogP contribution in [0, 0.1) is 25.2 Å². The normalized spacial score (nSPS) is 13.1. The van der Waals surface area contributed by atoms with E-state index in [2.05, 4.69) is 10.3 Å². The molecule has 0 aliphatic carbocycles. The first-order valence-electron chi connectivity index (χ1n) is 10.3. The summed E-state index contributed by atoms with van der Waals surface area (Å²) in [7, 11) is 0. The molecule has 1 aromatic carbocycles. The molecule has 1 aliphatic rings. The average molecular weight is 439 g/mol. The number of aromatic nitrogens is 1. The van der Waals surface area contributed by atoms with Crippen molar-refractivity contribution < 1.29 is 23.8 Å². The van der Waals surface area contributed by atoms with E-state index in [1.54, 1.807) is 19.9 Å². The molecule has 2 aromatic rings. The van der Waals surface area contributed by atoms with Crippen LogP contribution in [-0.4, -0.2) is 36.7 Å². The van der Waals surface area contributed by atoms with E-state index in [0.29, 0.717) is 36.0 Å². The highest BCUT2D eigenvalue weighted by molar-refractivity contribution is 5.81. The van der Waals surface area contributed by atoms with Gasteiger partial charge >= 0.3 is 5.97 Å². The van der Waals surface area contributed by atoms with Crippen molar-refractivity contribution >= 4 is 11.9 Å². The van der Waals surface area contributed by atoms with Crippen LogP contribution in [0.1, 0.15) is 47.3 Å². The molecule has 32 heavy (non-hydrogen) atoms. The number of carbonyl (C=O) groups excluding carboxylic acids is 2. The minimum atomic E-state index is -0.546. The molecule has 0 bridgehead atoms. The van der Waals surface area contributed by atoms with Crippen molar-refractivity contribution in [3.63, 3.8) is 0 Å². The minimum absolute atomic E-state index is 0.0174. The largest absolute Gasteiger partial charge is 0.486 e. The Hall–Kier alpha value is -3.80. The Morgan fingerprint density at radius 1 is 1.25 bits per heavy atom. The zero-order chi connectivity index (χ0) is 23.3. The predicted molar refractivity (Wildman–Crippen MR) is 115 cm³/mol. The summed E-state index contributed by atoms with van der Waals surface area (Å²) >= 11 is 0. The molecule has 0 radical (unpaired) electrons. The van der Waals surface area contributed by atoms with E-state index in [-0.39, 0.29) is 24.4 Å². The number of aryl methyl sites for hydroxylation is 1. The van der Waals surface area contributed by atoms with Gasteiger partial charge in [0.15, 0.2) is 18.1 Å². The van der Waals surface area contributed by atoms with Crippen molar-refractivity contribution in [1.82, 2.24) is 10.3 Å². The molecule has 168 valence electrons. The predicted octanol–water partition coefficient (Wildman–Crippen LogP) is 1.99. The summed E-state index contributed by atoms with van der Waals surface area (Å²) in [5.41, 5.74) is 2.29. The summed E-state index contributed by atoms with van der Waals surface area (Å²) in [4.78, 5) is 38.7. The Morgan fingerprint density at radius 2 is 1.97 bits per heavy atom. The molecule has 0 unspecified atom stereocenters. The van der Waals surface area contributed by atoms with Gasteiger partial charge in [0, 0.05) is 12.1 Å². The van der Waals surface area contributed by atoms with Crippen molar-refractivity contribution in [2.45, 2.75) is 39.7 Å². The number of esters is 1. The molecule has 9 heteroatoms. The van der Waals surface area contributed by atoms with Crippen LogP contribution in [0.25, 0.3) is 0 Å². The molecule has 1 amide bonds. The third-order valence-corrected chi connectivity index (χ3v) is 5.31. The quantitative estimate of drug-likeness (QED) is 0.631. The van der Waals surface area contributed by atoms with Crippen LogP contribution in [0.2, 0.25) is 0 Å². The van der Waals surface area contributed by atoms with E-state index in [1.165, 1.54) is 0 Å². The molecule has 9 nitrogen and oxygen atoms in total. The second-order valence-corrected chi connectivity index (χ2v) is 7.52. The summed E-state index contributed by atoms with van der Waals surface area (Å²) in [6, 6.07) is 7.02. The second-order valence-electron chi connectivity index (χ2n) is 7.52. The van der Waals surface area contributed by atoms with Crippen molar-refractivity contribution in [3.05, 3.63) is 56.5 Å². The molecular weight excluding hydrogens is 414 g/mol. The fourth-order valence-corrected chi connectivity index (χ4v) is 3.56. The van der Waals surface area contributed by atoms with Gasteiger partial charge in [-0.25, -0.2) is 0 Å². The summed E-state index contributed by atoms with van der Waals surface area (Å²) in [5.74, 6) is 0.329. The second kappa shape index (κ2) is 10.0. The minimum Gasteiger partial charge on any atom is -0.486 e. The maximum atomic E-state index is 12.2. The summed E-state index contributed by atoms with van der Waals surface area (Å²) in [6.45, 7) is 5.78. The third-order valence-electron chi connectivity index (χ3n) is 5.31. The number of pyridine rings is 1. The van der Waals surface area contributed by atoms with Crippen LogP contribution in [0.3, 0.4) is 0 Å². The molecule has 3 rings (SSSR count). The first-order chi connectivity index (χ1) is 15.3. The van der Waals surface area contributed by atoms with Gasteiger partial charge in [0.2, 0.25) is 0 Å². The number of ether oxygens (including phenoxy) is 3. The number of carbonyl (C=O) groups is 2. The number of hydrogen-bond donors (Lipinski definition) is 2. The van der Waals surface area contributed by atoms with Crippen LogP contribution in [0.4, 0.5) is 0 Å². The molecule has 0 fully saturated rings. The smallest absolute Gasteiger partial charge is 0.306 e. The van der Waals surface area contributed by atoms with E-state index in [9.17, 15) is 14.4 Å². The fraction of sp³-hybridized carbons (Fsp3) is 0.391. The van der Waals surface area contributed by atoms with Crippen molar-refractivity contribution in [2.75, 3.05) is 19.8 Å². The van der Waals surface area contributed by atoms with Gasteiger partial charge in [-0.15, -0.1) is 0 Å². The molecule has 2 heterocycles. The molecule has 1 aliphatic heterocycles. The molecule has 2 N–H and O–H groups in total. The number of fused-ring (bicyclic) bond motifs is 1. The van der Waals surface area contributed by atoms with Crippen LogP contribution >= 0.6 is 0 Å². The highest BCUT2D eigenvalue weighted by Crippen LogP contribution is 2.32. The number of H-pyrrole nitrogens is 1. The summed E-state index contributed by atoms with van der Waals surface area (Å²) in [6.07, 6.45) is 0.306. The lowest BCUT2D eigenvalue weighted by Crippen LogP contribution is -2.31. The molecule has 0 saturated heterocycles. The Kier molecular flexibility index (Phi) is 7.15. The van der Waals surface area contributed by atoms with Gasteiger partial charge in [0.1, 0.15) is 24.8 Å². The van der Waals surface area contributed by atoms with Gasteiger partial charge in [-0.05, 0) is 56.0 Å². The number of nitriles is 1. The lowest BCUT2D eigenvalue weighted by atomic mass is 9.99. The Balaban J connectivity index is 1.50. The molecule has 1 aromatic heterocycles. The number of rotatable bonds is 7. The Morgan fingerprint density at radius 3 is 2.69 bits per heavy atom. The van der Waals surface area contributed by atoms with E-state index < -0.39 is 24.0 Å². The van der Waals surface area contributed by atoms with Gasteiger partial charge in [0.25, 0.3) is 11.5 Å². The first-order valence-corrected chi connectivity index (χ1v) is 10.3. The topological polar surface area (TPSA) is 131 Å². The van der Waals surface area contributed by atoms with E-state index in [1.807, 2.05) is 25.1 Å². The zero-order valence-electron chi connectivity index (χ0n) is 18.2. The average Bonchev–Trinajstić information content (AvgIpc) is 2.77. The number of nitrogens with zero attached hydrogens (tertiary/aromatic N) is 1. The number of benzene rings is 1. The molecule has 1 atom stereocenters. The third kappa shape index (κ3) is 5.27. The first kappa shape index (κ1) is 22.9. The lowest BCUT2D eigenvalue weighted by Gasteiger charge is -2.21. The number of aromatic amines is 1. The van der Waals surface area contributed by atoms with E-state index in [0.717, 1.165) is 11.1 Å². The Labute approximate surface area is 185 Å². The fourth-order valence-electron chi connectivity index (χ4n) is 3.56. The van der Waals surface area contributed by atoms with Crippen LogP contribution in [0.5, 0.6) is 11.5 Å². The van der Waals surface area contributed by atoms with Gasteiger partial charge in [-0.3, -0.25) is 14.4 Å². The Bertz CT molecular complexity index is 1130. The van der Waals surface area contributed by atoms with Crippen LogP contribution in [0.15, 0.2) is 23.0 Å². The van der Waals surface area contributed by atoms with Gasteiger partial charge in [0.05, 0.1) is 6.04 Å². The SMILES string of the molecule is Cc1[nH]c(=O)c(C#N)c(C)c1CCC(=O)OCC(=O)N[C@@H](C)c1ccc2c(c1)OCCO2. The lowest BCUT2D eigenvalue weighted by molar-refractivity contribution is -0.148. The van der Waals surface area contributed by atoms with E-state index >= 15 is 0 Å². The van der Waals surface area contributed by atoms with Crippen molar-refractivity contribution in [1.29, 1.82) is 5.26 Å². The summed E-state index contributed by atoms with van der Waals surface area (Å²) < 4.78 is 16.1. The summed E-state index contributed by atoms with van der Waals surface area (Å²) in [5, 5.41) is 11.9. The van der Waals surface area contributed by atoms with Crippen molar-refractivity contribution in [2.24, 2.45) is 0 Å². The monoisotopic (exact) mass is 439 g/mol. The maximum absolute atomic E-state index is 12.2. The maximum Gasteiger partial charge on any atom is 0.306 e. The number of nitrogens with one attached hydrogen (secondary N) is 2. The van der Waals surface area contributed by atoms with E-state index in [4.69, 9.17) is 19.5 Å². The highest BCUT2D eigenvalue weighted by Gasteiger charge is 2.17. The van der Waals surface area contributed by atoms with Gasteiger partial charge in [-0.2, -0.15) is 5.26 Å².